The zero-order chi connectivity index (χ0) is 18.0. The van der Waals surface area contributed by atoms with Crippen molar-refractivity contribution in [1.82, 2.24) is 10.6 Å². The Labute approximate surface area is 149 Å². The molecule has 0 amide bonds. The summed E-state index contributed by atoms with van der Waals surface area (Å²) in [5, 5.41) is 6.28. The van der Waals surface area contributed by atoms with E-state index in [9.17, 15) is 8.42 Å². The van der Waals surface area contributed by atoms with Crippen LogP contribution in [0.3, 0.4) is 0 Å². The molecule has 0 radical (unpaired) electrons. The van der Waals surface area contributed by atoms with Crippen LogP contribution in [-0.4, -0.2) is 33.2 Å². The molecule has 6 nitrogen and oxygen atoms in total. The Morgan fingerprint density at radius 1 is 1.12 bits per heavy atom. The van der Waals surface area contributed by atoms with Crippen molar-refractivity contribution in [3.05, 3.63) is 60.1 Å². The summed E-state index contributed by atoms with van der Waals surface area (Å²) in [6.45, 7) is 3.69. The normalized spacial score (nSPS) is 12.1. The van der Waals surface area contributed by atoms with Gasteiger partial charge in [0.05, 0.1) is 17.8 Å². The lowest BCUT2D eigenvalue weighted by Gasteiger charge is -2.11. The van der Waals surface area contributed by atoms with Crippen LogP contribution in [0.4, 0.5) is 0 Å². The van der Waals surface area contributed by atoms with E-state index in [1.54, 1.807) is 6.26 Å². The van der Waals surface area contributed by atoms with Gasteiger partial charge < -0.3 is 15.1 Å². The molecule has 2 N–H and O–H groups in total. The van der Waals surface area contributed by atoms with Crippen molar-refractivity contribution in [1.29, 1.82) is 0 Å². The summed E-state index contributed by atoms with van der Waals surface area (Å²) in [6.07, 6.45) is 2.14. The first-order chi connectivity index (χ1) is 12.1. The molecule has 0 aliphatic rings. The fraction of sp³-hybridized carbons (Fsp3) is 0.389. The van der Waals surface area contributed by atoms with Crippen LogP contribution in [0.2, 0.25) is 0 Å². The molecule has 2 aromatic rings. The molecule has 7 heteroatoms. The van der Waals surface area contributed by atoms with Crippen LogP contribution in [0.5, 0.6) is 0 Å². The van der Waals surface area contributed by atoms with Crippen molar-refractivity contribution in [2.45, 2.75) is 25.6 Å². The molecule has 0 saturated carbocycles. The van der Waals surface area contributed by atoms with Gasteiger partial charge in [-0.25, -0.2) is 13.4 Å². The highest BCUT2D eigenvalue weighted by Crippen LogP contribution is 2.07. The third-order valence-corrected chi connectivity index (χ3v) is 5.16. The van der Waals surface area contributed by atoms with Crippen LogP contribution in [-0.2, 0) is 22.1 Å². The monoisotopic (exact) mass is 363 g/mol. The van der Waals surface area contributed by atoms with Crippen molar-refractivity contribution < 1.29 is 12.8 Å². The maximum atomic E-state index is 12.2. The minimum atomic E-state index is -3.11. The number of nitrogens with zero attached hydrogens (tertiary/aromatic N) is 1. The Kier molecular flexibility index (Phi) is 7.53. The molecule has 0 unspecified atom stereocenters. The van der Waals surface area contributed by atoms with Crippen LogP contribution in [0, 0.1) is 0 Å². The predicted octanol–water partition coefficient (Wildman–Crippen LogP) is 2.34. The second kappa shape index (κ2) is 9.88. The van der Waals surface area contributed by atoms with E-state index in [1.807, 2.05) is 49.4 Å². The van der Waals surface area contributed by atoms with E-state index < -0.39 is 9.84 Å². The van der Waals surface area contributed by atoms with Gasteiger partial charge in [-0.3, -0.25) is 0 Å². The topological polar surface area (TPSA) is 83.7 Å². The quantitative estimate of drug-likeness (QED) is 0.406. The van der Waals surface area contributed by atoms with E-state index >= 15 is 0 Å². The van der Waals surface area contributed by atoms with Crippen LogP contribution in [0.25, 0.3) is 0 Å². The van der Waals surface area contributed by atoms with Crippen LogP contribution < -0.4 is 10.6 Å². The van der Waals surface area contributed by atoms with E-state index in [-0.39, 0.29) is 11.5 Å². The van der Waals surface area contributed by atoms with Crippen LogP contribution >= 0.6 is 0 Å². The van der Waals surface area contributed by atoms with Crippen molar-refractivity contribution in [2.24, 2.45) is 4.99 Å². The number of sulfone groups is 1. The Balaban J connectivity index is 1.76. The van der Waals surface area contributed by atoms with Gasteiger partial charge in [0.15, 0.2) is 15.8 Å². The van der Waals surface area contributed by atoms with Gasteiger partial charge in [-0.2, -0.15) is 0 Å². The third-order valence-electron chi connectivity index (χ3n) is 3.47. The summed E-state index contributed by atoms with van der Waals surface area (Å²) < 4.78 is 29.6. The highest BCUT2D eigenvalue weighted by atomic mass is 32.2. The molecule has 0 bridgehead atoms. The van der Waals surface area contributed by atoms with Crippen molar-refractivity contribution in [2.75, 3.05) is 18.8 Å². The minimum absolute atomic E-state index is 0.0838. The number of furan rings is 1. The zero-order valence-electron chi connectivity index (χ0n) is 14.4. The molecule has 136 valence electrons. The van der Waals surface area contributed by atoms with Crippen LogP contribution in [0.1, 0.15) is 24.7 Å². The van der Waals surface area contributed by atoms with Gasteiger partial charge in [-0.05, 0) is 31.0 Å². The first-order valence-electron chi connectivity index (χ1n) is 8.38. The highest BCUT2D eigenvalue weighted by molar-refractivity contribution is 7.90. The lowest BCUT2D eigenvalue weighted by atomic mass is 10.2. The summed E-state index contributed by atoms with van der Waals surface area (Å²) in [5.74, 6) is 1.66. The van der Waals surface area contributed by atoms with Gasteiger partial charge in [0, 0.05) is 13.1 Å². The Hall–Kier alpha value is -2.28. The van der Waals surface area contributed by atoms with Crippen molar-refractivity contribution in [3.63, 3.8) is 0 Å². The molecule has 2 rings (SSSR count). The van der Waals surface area contributed by atoms with Crippen molar-refractivity contribution in [3.8, 4) is 0 Å². The fourth-order valence-electron chi connectivity index (χ4n) is 2.30. The number of guanidine groups is 1. The molecule has 0 fully saturated rings. The highest BCUT2D eigenvalue weighted by Gasteiger charge is 2.11. The second-order valence-corrected chi connectivity index (χ2v) is 7.82. The number of hydrogen-bond donors (Lipinski definition) is 2. The second-order valence-electron chi connectivity index (χ2n) is 5.63. The molecule has 0 aliphatic carbocycles. The zero-order valence-corrected chi connectivity index (χ0v) is 15.3. The van der Waals surface area contributed by atoms with E-state index in [1.165, 1.54) is 0 Å². The first kappa shape index (κ1) is 19.1. The van der Waals surface area contributed by atoms with E-state index in [4.69, 9.17) is 4.42 Å². The molecule has 1 aromatic carbocycles. The SMILES string of the molecule is CCNC(=NCc1ccco1)NCCCS(=O)(=O)Cc1ccccc1. The maximum absolute atomic E-state index is 12.2. The summed E-state index contributed by atoms with van der Waals surface area (Å²) in [7, 11) is -3.11. The van der Waals surface area contributed by atoms with Crippen LogP contribution in [0.15, 0.2) is 58.1 Å². The summed E-state index contributed by atoms with van der Waals surface area (Å²) in [5.41, 5.74) is 0.823. The van der Waals surface area contributed by atoms with E-state index in [0.717, 1.165) is 17.9 Å². The summed E-state index contributed by atoms with van der Waals surface area (Å²) in [4.78, 5) is 4.41. The smallest absolute Gasteiger partial charge is 0.191 e. The number of hydrogen-bond acceptors (Lipinski definition) is 4. The fourth-order valence-corrected chi connectivity index (χ4v) is 3.73. The Bertz CT molecular complexity index is 741. The average molecular weight is 363 g/mol. The maximum Gasteiger partial charge on any atom is 0.191 e. The third kappa shape index (κ3) is 7.43. The number of aliphatic imine (C=N–C) groups is 1. The first-order valence-corrected chi connectivity index (χ1v) is 10.2. The molecular weight excluding hydrogens is 338 g/mol. The number of nitrogens with one attached hydrogen (secondary N) is 2. The van der Waals surface area contributed by atoms with E-state index in [0.29, 0.717) is 25.5 Å². The lowest BCUT2D eigenvalue weighted by molar-refractivity contribution is 0.512. The molecule has 1 heterocycles. The molecule has 25 heavy (non-hydrogen) atoms. The van der Waals surface area contributed by atoms with Crippen molar-refractivity contribution >= 4 is 15.8 Å². The minimum Gasteiger partial charge on any atom is -0.467 e. The van der Waals surface area contributed by atoms with Gasteiger partial charge >= 0.3 is 0 Å². The molecule has 0 aliphatic heterocycles. The number of rotatable bonds is 9. The largest absolute Gasteiger partial charge is 0.467 e. The number of benzene rings is 1. The molecule has 0 atom stereocenters. The van der Waals surface area contributed by atoms with E-state index in [2.05, 4.69) is 15.6 Å². The average Bonchev–Trinajstić information content (AvgIpc) is 3.10. The predicted molar refractivity (Wildman–Crippen MR) is 100 cm³/mol. The summed E-state index contributed by atoms with van der Waals surface area (Å²) >= 11 is 0. The molecular formula is C18H25N3O3S. The van der Waals surface area contributed by atoms with Gasteiger partial charge in [0.1, 0.15) is 12.3 Å². The van der Waals surface area contributed by atoms with Gasteiger partial charge in [0.2, 0.25) is 0 Å². The van der Waals surface area contributed by atoms with Gasteiger partial charge in [-0.15, -0.1) is 0 Å². The Morgan fingerprint density at radius 3 is 2.60 bits per heavy atom. The van der Waals surface area contributed by atoms with Gasteiger partial charge in [-0.1, -0.05) is 30.3 Å². The molecule has 0 spiro atoms. The Morgan fingerprint density at radius 2 is 1.92 bits per heavy atom. The molecule has 1 aromatic heterocycles. The summed E-state index contributed by atoms with van der Waals surface area (Å²) in [6, 6.07) is 12.9. The standard InChI is InChI=1S/C18H25N3O3S/c1-2-19-18(21-14-17-10-6-12-24-17)20-11-7-13-25(22,23)15-16-8-4-3-5-9-16/h3-6,8-10,12H,2,7,11,13-15H2,1H3,(H2,19,20,21). The molecule has 0 saturated heterocycles. The van der Waals surface area contributed by atoms with Gasteiger partial charge in [0.25, 0.3) is 0 Å². The lowest BCUT2D eigenvalue weighted by Crippen LogP contribution is -2.38.